The van der Waals surface area contributed by atoms with Gasteiger partial charge in [-0.2, -0.15) is 0 Å². The molecule has 3 heteroatoms. The first-order chi connectivity index (χ1) is 7.54. The predicted molar refractivity (Wildman–Crippen MR) is 67.9 cm³/mol. The maximum absolute atomic E-state index is 11.5. The maximum Gasteiger partial charge on any atom is 0.251 e. The Balaban J connectivity index is 2.86. The molecule has 0 unspecified atom stereocenters. The fourth-order valence-corrected chi connectivity index (χ4v) is 1.41. The van der Waals surface area contributed by atoms with Crippen LogP contribution in [-0.2, 0) is 0 Å². The van der Waals surface area contributed by atoms with Crippen LogP contribution in [0.4, 0.5) is 5.69 Å². The molecular weight excluding hydrogens is 200 g/mol. The number of rotatable bonds is 4. The van der Waals surface area contributed by atoms with Gasteiger partial charge in [0.25, 0.3) is 5.91 Å². The number of carbonyl (C=O) groups excluding carboxylic acids is 1. The molecule has 1 aromatic rings. The van der Waals surface area contributed by atoms with Crippen LogP contribution >= 0.6 is 0 Å². The zero-order valence-corrected chi connectivity index (χ0v) is 10.4. The number of amides is 1. The highest BCUT2D eigenvalue weighted by Gasteiger charge is 2.06. The van der Waals surface area contributed by atoms with Gasteiger partial charge in [-0.15, -0.1) is 0 Å². The molecule has 0 radical (unpaired) electrons. The van der Waals surface area contributed by atoms with E-state index in [0.717, 1.165) is 17.8 Å². The lowest BCUT2D eigenvalue weighted by molar-refractivity contribution is 0.0963. The van der Waals surface area contributed by atoms with Crippen molar-refractivity contribution in [2.75, 3.05) is 18.9 Å². The van der Waals surface area contributed by atoms with Gasteiger partial charge in [0.15, 0.2) is 0 Å². The Morgan fingerprint density at radius 3 is 2.62 bits per heavy atom. The van der Waals surface area contributed by atoms with E-state index in [4.69, 9.17) is 0 Å². The minimum atomic E-state index is -0.0485. The largest absolute Gasteiger partial charge is 0.385 e. The molecule has 3 nitrogen and oxygen atoms in total. The fourth-order valence-electron chi connectivity index (χ4n) is 1.41. The summed E-state index contributed by atoms with van der Waals surface area (Å²) in [6.45, 7) is 7.27. The first-order valence-corrected chi connectivity index (χ1v) is 5.61. The molecule has 0 saturated heterocycles. The van der Waals surface area contributed by atoms with Gasteiger partial charge in [0, 0.05) is 24.8 Å². The highest BCUT2D eigenvalue weighted by Crippen LogP contribution is 2.17. The number of aryl methyl sites for hydroxylation is 1. The van der Waals surface area contributed by atoms with Gasteiger partial charge in [-0.1, -0.05) is 19.9 Å². The topological polar surface area (TPSA) is 41.1 Å². The van der Waals surface area contributed by atoms with Gasteiger partial charge in [-0.25, -0.2) is 0 Å². The van der Waals surface area contributed by atoms with E-state index in [2.05, 4.69) is 24.5 Å². The lowest BCUT2D eigenvalue weighted by Crippen LogP contribution is -2.18. The van der Waals surface area contributed by atoms with Crippen molar-refractivity contribution in [1.29, 1.82) is 0 Å². The van der Waals surface area contributed by atoms with Crippen molar-refractivity contribution < 1.29 is 4.79 Å². The average Bonchev–Trinajstić information content (AvgIpc) is 2.26. The number of hydrogen-bond donors (Lipinski definition) is 2. The molecule has 1 amide bonds. The Hall–Kier alpha value is -1.51. The summed E-state index contributed by atoms with van der Waals surface area (Å²) >= 11 is 0. The molecule has 0 aliphatic heterocycles. The molecule has 88 valence electrons. The summed E-state index contributed by atoms with van der Waals surface area (Å²) in [5.41, 5.74) is 2.89. The van der Waals surface area contributed by atoms with Crippen LogP contribution in [0.3, 0.4) is 0 Å². The quantitative estimate of drug-likeness (QED) is 0.818. The van der Waals surface area contributed by atoms with E-state index >= 15 is 0 Å². The summed E-state index contributed by atoms with van der Waals surface area (Å²) < 4.78 is 0. The smallest absolute Gasteiger partial charge is 0.251 e. The van der Waals surface area contributed by atoms with Crippen LogP contribution < -0.4 is 10.6 Å². The molecule has 0 aliphatic carbocycles. The van der Waals surface area contributed by atoms with Gasteiger partial charge in [-0.3, -0.25) is 4.79 Å². The monoisotopic (exact) mass is 220 g/mol. The van der Waals surface area contributed by atoms with E-state index in [0.29, 0.717) is 11.5 Å². The van der Waals surface area contributed by atoms with Crippen molar-refractivity contribution >= 4 is 11.6 Å². The van der Waals surface area contributed by atoms with E-state index in [1.807, 2.05) is 25.1 Å². The van der Waals surface area contributed by atoms with Crippen molar-refractivity contribution in [2.24, 2.45) is 5.92 Å². The fraction of sp³-hybridized carbons (Fsp3) is 0.462. The molecule has 0 spiro atoms. The molecule has 1 rings (SSSR count). The molecule has 0 fully saturated rings. The standard InChI is InChI=1S/C13H20N2O/c1-9(2)8-15-12-7-11(13(16)14-4)6-5-10(12)3/h5-7,9,15H,8H2,1-4H3,(H,14,16). The van der Waals surface area contributed by atoms with Crippen molar-refractivity contribution in [3.05, 3.63) is 29.3 Å². The first kappa shape index (κ1) is 12.6. The Kier molecular flexibility index (Phi) is 4.35. The van der Waals surface area contributed by atoms with E-state index in [-0.39, 0.29) is 5.91 Å². The molecule has 1 aromatic carbocycles. The van der Waals surface area contributed by atoms with Crippen LogP contribution in [-0.4, -0.2) is 19.5 Å². The van der Waals surface area contributed by atoms with Gasteiger partial charge < -0.3 is 10.6 Å². The van der Waals surface area contributed by atoms with Crippen molar-refractivity contribution in [3.63, 3.8) is 0 Å². The highest BCUT2D eigenvalue weighted by atomic mass is 16.1. The third-order valence-corrected chi connectivity index (χ3v) is 2.43. The Morgan fingerprint density at radius 2 is 2.06 bits per heavy atom. The highest BCUT2D eigenvalue weighted by molar-refractivity contribution is 5.95. The first-order valence-electron chi connectivity index (χ1n) is 5.61. The van der Waals surface area contributed by atoms with Crippen LogP contribution in [0.15, 0.2) is 18.2 Å². The van der Waals surface area contributed by atoms with E-state index in [9.17, 15) is 4.79 Å². The average molecular weight is 220 g/mol. The summed E-state index contributed by atoms with van der Waals surface area (Å²) in [7, 11) is 1.64. The number of nitrogens with one attached hydrogen (secondary N) is 2. The SMILES string of the molecule is CNC(=O)c1ccc(C)c(NCC(C)C)c1. The maximum atomic E-state index is 11.5. The van der Waals surface area contributed by atoms with Crippen LogP contribution in [0.25, 0.3) is 0 Å². The second-order valence-corrected chi connectivity index (χ2v) is 4.38. The van der Waals surface area contributed by atoms with Crippen molar-refractivity contribution in [3.8, 4) is 0 Å². The van der Waals surface area contributed by atoms with Crippen LogP contribution in [0, 0.1) is 12.8 Å². The number of anilines is 1. The Morgan fingerprint density at radius 1 is 1.38 bits per heavy atom. The Bertz CT molecular complexity index is 372. The summed E-state index contributed by atoms with van der Waals surface area (Å²) in [6, 6.07) is 5.71. The van der Waals surface area contributed by atoms with E-state index in [1.54, 1.807) is 7.05 Å². The number of benzene rings is 1. The third kappa shape index (κ3) is 3.26. The molecule has 0 heterocycles. The molecule has 0 aromatic heterocycles. The molecule has 2 N–H and O–H groups in total. The number of carbonyl (C=O) groups is 1. The molecule has 16 heavy (non-hydrogen) atoms. The number of hydrogen-bond acceptors (Lipinski definition) is 2. The Labute approximate surface area is 97.2 Å². The second-order valence-electron chi connectivity index (χ2n) is 4.38. The lowest BCUT2D eigenvalue weighted by Gasteiger charge is -2.12. The van der Waals surface area contributed by atoms with Crippen LogP contribution in [0.1, 0.15) is 29.8 Å². The lowest BCUT2D eigenvalue weighted by atomic mass is 10.1. The predicted octanol–water partition coefficient (Wildman–Crippen LogP) is 2.42. The molecular formula is C13H20N2O. The molecule has 0 bridgehead atoms. The van der Waals surface area contributed by atoms with Gasteiger partial charge in [-0.05, 0) is 30.5 Å². The second kappa shape index (κ2) is 5.54. The van der Waals surface area contributed by atoms with Crippen LogP contribution in [0.5, 0.6) is 0 Å². The minimum absolute atomic E-state index is 0.0485. The minimum Gasteiger partial charge on any atom is -0.385 e. The van der Waals surface area contributed by atoms with Crippen molar-refractivity contribution in [2.45, 2.75) is 20.8 Å². The third-order valence-electron chi connectivity index (χ3n) is 2.43. The summed E-state index contributed by atoms with van der Waals surface area (Å²) in [4.78, 5) is 11.5. The zero-order valence-electron chi connectivity index (χ0n) is 10.4. The normalized spacial score (nSPS) is 10.3. The molecule has 0 atom stereocenters. The van der Waals surface area contributed by atoms with Gasteiger partial charge in [0.2, 0.25) is 0 Å². The van der Waals surface area contributed by atoms with Gasteiger partial charge in [0.1, 0.15) is 0 Å². The molecule has 0 saturated carbocycles. The summed E-state index contributed by atoms with van der Waals surface area (Å²) in [5, 5.41) is 5.98. The van der Waals surface area contributed by atoms with Gasteiger partial charge >= 0.3 is 0 Å². The van der Waals surface area contributed by atoms with Crippen molar-refractivity contribution in [1.82, 2.24) is 5.32 Å². The van der Waals surface area contributed by atoms with Gasteiger partial charge in [0.05, 0.1) is 0 Å². The van der Waals surface area contributed by atoms with Crippen LogP contribution in [0.2, 0.25) is 0 Å². The van der Waals surface area contributed by atoms with E-state index in [1.165, 1.54) is 0 Å². The zero-order chi connectivity index (χ0) is 12.1. The van der Waals surface area contributed by atoms with E-state index < -0.39 is 0 Å². The molecule has 0 aliphatic rings. The summed E-state index contributed by atoms with van der Waals surface area (Å²) in [6.07, 6.45) is 0. The summed E-state index contributed by atoms with van der Waals surface area (Å²) in [5.74, 6) is 0.538.